The molecule has 0 radical (unpaired) electrons. The Morgan fingerprint density at radius 1 is 0.848 bits per heavy atom. The molecule has 3 rings (SSSR count). The zero-order chi connectivity index (χ0) is 23.3. The lowest BCUT2D eigenvalue weighted by atomic mass is 10.0. The summed E-state index contributed by atoms with van der Waals surface area (Å²) in [6.07, 6.45) is 0.0787. The highest BCUT2D eigenvalue weighted by molar-refractivity contribution is 5.84. The fraction of sp³-hybridized carbons (Fsp3) is 0.214. The van der Waals surface area contributed by atoms with Crippen molar-refractivity contribution in [1.82, 2.24) is 5.32 Å². The quantitative estimate of drug-likeness (QED) is 0.375. The normalized spacial score (nSPS) is 11.1. The van der Waals surface area contributed by atoms with Crippen molar-refractivity contribution >= 4 is 12.1 Å². The van der Waals surface area contributed by atoms with Crippen molar-refractivity contribution in [3.63, 3.8) is 0 Å². The standard InChI is InChI=1S/C28H27NO4/c1-2-3-7-20-25(29-28(31)32-21-22-14-8-4-9-15-22)27(30)33-26(23-16-10-5-11-17-23)24-18-12-6-13-19-24/h4-6,8-19,25-26H,2-3,21H2,1H3,(H,29,31). The van der Waals surface area contributed by atoms with Gasteiger partial charge in [0.25, 0.3) is 0 Å². The van der Waals surface area contributed by atoms with E-state index in [0.29, 0.717) is 6.42 Å². The number of hydrogen-bond acceptors (Lipinski definition) is 4. The Kier molecular flexibility index (Phi) is 9.11. The number of amides is 1. The van der Waals surface area contributed by atoms with E-state index in [1.807, 2.05) is 97.9 Å². The van der Waals surface area contributed by atoms with Crippen LogP contribution in [0, 0.1) is 11.8 Å². The highest BCUT2D eigenvalue weighted by Crippen LogP contribution is 2.26. The molecule has 3 aromatic carbocycles. The number of carbonyl (C=O) groups is 2. The van der Waals surface area contributed by atoms with Crippen LogP contribution in [0.3, 0.4) is 0 Å². The number of esters is 1. The Morgan fingerprint density at radius 3 is 1.94 bits per heavy atom. The summed E-state index contributed by atoms with van der Waals surface area (Å²) in [6, 6.07) is 27.1. The molecule has 5 heteroatoms. The monoisotopic (exact) mass is 441 g/mol. The summed E-state index contributed by atoms with van der Waals surface area (Å²) in [5.74, 6) is 5.10. The van der Waals surface area contributed by atoms with Gasteiger partial charge in [-0.25, -0.2) is 9.59 Å². The summed E-state index contributed by atoms with van der Waals surface area (Å²) in [7, 11) is 0. The summed E-state index contributed by atoms with van der Waals surface area (Å²) in [4.78, 5) is 25.5. The van der Waals surface area contributed by atoms with Crippen LogP contribution in [0.2, 0.25) is 0 Å². The van der Waals surface area contributed by atoms with E-state index in [1.165, 1.54) is 0 Å². The minimum absolute atomic E-state index is 0.0908. The number of rotatable bonds is 8. The van der Waals surface area contributed by atoms with Gasteiger partial charge < -0.3 is 9.47 Å². The van der Waals surface area contributed by atoms with Crippen molar-refractivity contribution in [3.8, 4) is 11.8 Å². The van der Waals surface area contributed by atoms with Gasteiger partial charge in [-0.1, -0.05) is 104 Å². The van der Waals surface area contributed by atoms with Crippen LogP contribution in [0.5, 0.6) is 0 Å². The summed E-state index contributed by atoms with van der Waals surface area (Å²) in [6.45, 7) is 2.08. The first-order valence-electron chi connectivity index (χ1n) is 10.9. The molecule has 0 aliphatic heterocycles. The SMILES string of the molecule is CCCC#CC(NC(=O)OCc1ccccc1)C(=O)OC(c1ccccc1)c1ccccc1. The zero-order valence-electron chi connectivity index (χ0n) is 18.6. The van der Waals surface area contributed by atoms with Crippen LogP contribution in [-0.4, -0.2) is 18.1 Å². The molecule has 168 valence electrons. The molecule has 1 unspecified atom stereocenters. The molecule has 33 heavy (non-hydrogen) atoms. The highest BCUT2D eigenvalue weighted by Gasteiger charge is 2.26. The van der Waals surface area contributed by atoms with Crippen LogP contribution in [-0.2, 0) is 20.9 Å². The van der Waals surface area contributed by atoms with Crippen molar-refractivity contribution in [1.29, 1.82) is 0 Å². The zero-order valence-corrected chi connectivity index (χ0v) is 18.6. The molecule has 1 amide bonds. The smallest absolute Gasteiger partial charge is 0.408 e. The second-order valence-electron chi connectivity index (χ2n) is 7.35. The Balaban J connectivity index is 1.74. The van der Waals surface area contributed by atoms with Crippen LogP contribution >= 0.6 is 0 Å². The first-order valence-corrected chi connectivity index (χ1v) is 10.9. The van der Waals surface area contributed by atoms with Gasteiger partial charge in [0.05, 0.1) is 0 Å². The van der Waals surface area contributed by atoms with Gasteiger partial charge in [0, 0.05) is 6.42 Å². The van der Waals surface area contributed by atoms with Crippen LogP contribution in [0.1, 0.15) is 42.6 Å². The lowest BCUT2D eigenvalue weighted by Gasteiger charge is -2.21. The Morgan fingerprint density at radius 2 is 1.39 bits per heavy atom. The molecule has 1 atom stereocenters. The molecule has 0 heterocycles. The maximum Gasteiger partial charge on any atom is 0.408 e. The largest absolute Gasteiger partial charge is 0.450 e. The molecule has 0 bridgehead atoms. The Labute approximate surface area is 194 Å². The van der Waals surface area contributed by atoms with Gasteiger partial charge in [-0.2, -0.15) is 0 Å². The van der Waals surface area contributed by atoms with Crippen molar-refractivity contribution in [2.75, 3.05) is 0 Å². The summed E-state index contributed by atoms with van der Waals surface area (Å²) < 4.78 is 11.1. The van der Waals surface area contributed by atoms with E-state index >= 15 is 0 Å². The van der Waals surface area contributed by atoms with Gasteiger partial charge in [-0.05, 0) is 23.1 Å². The lowest BCUT2D eigenvalue weighted by molar-refractivity contribution is -0.148. The predicted octanol–water partition coefficient (Wildman–Crippen LogP) is 5.42. The van der Waals surface area contributed by atoms with Gasteiger partial charge >= 0.3 is 12.1 Å². The number of nitrogens with one attached hydrogen (secondary N) is 1. The third-order valence-electron chi connectivity index (χ3n) is 4.77. The number of alkyl carbamates (subject to hydrolysis) is 1. The van der Waals surface area contributed by atoms with E-state index < -0.39 is 24.2 Å². The highest BCUT2D eigenvalue weighted by atomic mass is 16.6. The molecule has 0 aliphatic rings. The summed E-state index contributed by atoms with van der Waals surface area (Å²) in [5.41, 5.74) is 2.49. The van der Waals surface area contributed by atoms with E-state index in [0.717, 1.165) is 23.1 Å². The third-order valence-corrected chi connectivity index (χ3v) is 4.77. The predicted molar refractivity (Wildman–Crippen MR) is 127 cm³/mol. The molecule has 0 spiro atoms. The minimum atomic E-state index is -1.14. The van der Waals surface area contributed by atoms with Crippen molar-refractivity contribution in [2.45, 2.75) is 38.5 Å². The van der Waals surface area contributed by atoms with Crippen LogP contribution in [0.4, 0.5) is 4.79 Å². The first kappa shape index (κ1) is 23.6. The maximum absolute atomic E-state index is 13.1. The molecule has 3 aromatic rings. The average molecular weight is 442 g/mol. The maximum atomic E-state index is 13.1. The molecule has 0 saturated heterocycles. The van der Waals surface area contributed by atoms with Crippen molar-refractivity contribution in [3.05, 3.63) is 108 Å². The molecule has 0 aliphatic carbocycles. The van der Waals surface area contributed by atoms with Crippen molar-refractivity contribution in [2.24, 2.45) is 0 Å². The topological polar surface area (TPSA) is 64.6 Å². The van der Waals surface area contributed by atoms with Crippen molar-refractivity contribution < 1.29 is 19.1 Å². The van der Waals surface area contributed by atoms with Gasteiger partial charge in [0.15, 0.2) is 12.1 Å². The van der Waals surface area contributed by atoms with E-state index in [1.54, 1.807) is 0 Å². The van der Waals surface area contributed by atoms with Crippen LogP contribution in [0.25, 0.3) is 0 Å². The van der Waals surface area contributed by atoms with Gasteiger partial charge in [0.1, 0.15) is 6.61 Å². The second kappa shape index (κ2) is 12.7. The minimum Gasteiger partial charge on any atom is -0.450 e. The molecule has 0 saturated carbocycles. The van der Waals surface area contributed by atoms with E-state index in [9.17, 15) is 9.59 Å². The van der Waals surface area contributed by atoms with Gasteiger partial charge in [-0.15, -0.1) is 5.92 Å². The molecular formula is C28H27NO4. The Bertz CT molecular complexity index is 1030. The summed E-state index contributed by atoms with van der Waals surface area (Å²) >= 11 is 0. The number of carbonyl (C=O) groups excluding carboxylic acids is 2. The summed E-state index contributed by atoms with van der Waals surface area (Å²) in [5, 5.41) is 2.54. The molecule has 1 N–H and O–H groups in total. The molecule has 5 nitrogen and oxygen atoms in total. The lowest BCUT2D eigenvalue weighted by Crippen LogP contribution is -2.41. The van der Waals surface area contributed by atoms with Gasteiger partial charge in [0.2, 0.25) is 0 Å². The van der Waals surface area contributed by atoms with E-state index in [2.05, 4.69) is 17.2 Å². The van der Waals surface area contributed by atoms with Gasteiger partial charge in [-0.3, -0.25) is 5.32 Å². The Hall–Kier alpha value is -4.04. The second-order valence-corrected chi connectivity index (χ2v) is 7.35. The molecule has 0 aromatic heterocycles. The van der Waals surface area contributed by atoms with E-state index in [4.69, 9.17) is 9.47 Å². The number of hydrogen-bond donors (Lipinski definition) is 1. The fourth-order valence-corrected chi connectivity index (χ4v) is 3.10. The first-order chi connectivity index (χ1) is 16.2. The third kappa shape index (κ3) is 7.55. The van der Waals surface area contributed by atoms with Crippen LogP contribution in [0.15, 0.2) is 91.0 Å². The fourth-order valence-electron chi connectivity index (χ4n) is 3.10. The van der Waals surface area contributed by atoms with E-state index in [-0.39, 0.29) is 6.61 Å². The van der Waals surface area contributed by atoms with Crippen LogP contribution < -0.4 is 5.32 Å². The average Bonchev–Trinajstić information content (AvgIpc) is 2.87. The molecular weight excluding hydrogens is 414 g/mol. The number of benzene rings is 3. The number of ether oxygens (including phenoxy) is 2. The number of unbranched alkanes of at least 4 members (excludes halogenated alkanes) is 1. The molecule has 0 fully saturated rings.